The van der Waals surface area contributed by atoms with Gasteiger partial charge in [-0.15, -0.1) is 0 Å². The van der Waals surface area contributed by atoms with Crippen LogP contribution in [0.4, 0.5) is 4.39 Å². The van der Waals surface area contributed by atoms with E-state index in [-0.39, 0.29) is 5.82 Å². The van der Waals surface area contributed by atoms with Gasteiger partial charge in [0.05, 0.1) is 6.04 Å². The van der Waals surface area contributed by atoms with E-state index in [1.54, 1.807) is 12.1 Å². The largest absolute Gasteiger partial charge is 0.343 e. The number of fused-ring (bicyclic) bond motifs is 6. The predicted octanol–water partition coefficient (Wildman–Crippen LogP) is 6.18. The molecule has 0 amide bonds. The molecule has 1 saturated heterocycles. The van der Waals surface area contributed by atoms with Gasteiger partial charge in [0, 0.05) is 51.6 Å². The van der Waals surface area contributed by atoms with Gasteiger partial charge in [-0.2, -0.15) is 0 Å². The number of azide groups is 1. The van der Waals surface area contributed by atoms with E-state index in [0.29, 0.717) is 18.6 Å². The smallest absolute Gasteiger partial charge is 0.123 e. The summed E-state index contributed by atoms with van der Waals surface area (Å²) in [7, 11) is 2.21. The van der Waals surface area contributed by atoms with Crippen molar-refractivity contribution in [2.45, 2.75) is 43.9 Å². The van der Waals surface area contributed by atoms with E-state index in [1.165, 1.54) is 35.2 Å². The van der Waals surface area contributed by atoms with Crippen LogP contribution in [0.25, 0.3) is 21.3 Å². The zero-order valence-corrected chi connectivity index (χ0v) is 16.8. The summed E-state index contributed by atoms with van der Waals surface area (Å²) in [6.07, 6.45) is 3.31. The Hall–Kier alpha value is -2.53. The van der Waals surface area contributed by atoms with Gasteiger partial charge in [0.15, 0.2) is 0 Å². The molecule has 5 nitrogen and oxygen atoms in total. The minimum absolute atomic E-state index is 0.300. The van der Waals surface area contributed by atoms with Crippen LogP contribution in [0.15, 0.2) is 47.6 Å². The number of hydrogen-bond acceptors (Lipinski definition) is 2. The molecule has 29 heavy (non-hydrogen) atoms. The fourth-order valence-electron chi connectivity index (χ4n) is 5.16. The van der Waals surface area contributed by atoms with Crippen LogP contribution < -0.4 is 0 Å². The lowest BCUT2D eigenvalue weighted by atomic mass is 9.97. The molecule has 0 aliphatic carbocycles. The first-order chi connectivity index (χ1) is 14.1. The highest BCUT2D eigenvalue weighted by atomic mass is 35.5. The van der Waals surface area contributed by atoms with Crippen molar-refractivity contribution in [2.75, 3.05) is 7.05 Å². The molecular formula is C22H21ClFN5. The molecule has 0 radical (unpaired) electrons. The lowest BCUT2D eigenvalue weighted by Crippen LogP contribution is -2.34. The molecule has 0 N–H and O–H groups in total. The second kappa shape index (κ2) is 7.06. The van der Waals surface area contributed by atoms with Crippen molar-refractivity contribution in [1.82, 2.24) is 9.47 Å². The van der Waals surface area contributed by atoms with Crippen LogP contribution in [0.5, 0.6) is 0 Å². The third-order valence-electron chi connectivity index (χ3n) is 6.58. The summed E-state index contributed by atoms with van der Waals surface area (Å²) in [5.41, 5.74) is 13.7. The molecule has 3 heterocycles. The second-order valence-electron chi connectivity index (χ2n) is 8.02. The maximum atomic E-state index is 13.4. The van der Waals surface area contributed by atoms with E-state index >= 15 is 0 Å². The van der Waals surface area contributed by atoms with Gasteiger partial charge in [-0.25, -0.2) is 4.39 Å². The Morgan fingerprint density at radius 1 is 1.24 bits per heavy atom. The highest BCUT2D eigenvalue weighted by molar-refractivity contribution is 6.31. The molecule has 1 fully saturated rings. The van der Waals surface area contributed by atoms with Crippen molar-refractivity contribution in [3.63, 3.8) is 0 Å². The van der Waals surface area contributed by atoms with Crippen molar-refractivity contribution in [3.05, 3.63) is 80.6 Å². The van der Waals surface area contributed by atoms with E-state index in [0.717, 1.165) is 28.9 Å². The summed E-state index contributed by atoms with van der Waals surface area (Å²) in [4.78, 5) is 5.55. The number of nitrogens with zero attached hydrogens (tertiary/aromatic N) is 5. The van der Waals surface area contributed by atoms with Crippen molar-refractivity contribution in [1.29, 1.82) is 0 Å². The topological polar surface area (TPSA) is 56.9 Å². The maximum Gasteiger partial charge on any atom is 0.123 e. The Labute approximate surface area is 173 Å². The van der Waals surface area contributed by atoms with Gasteiger partial charge in [-0.3, -0.25) is 4.90 Å². The van der Waals surface area contributed by atoms with Gasteiger partial charge in [0.25, 0.3) is 0 Å². The number of halogens is 2. The van der Waals surface area contributed by atoms with Crippen LogP contribution in [0, 0.1) is 5.82 Å². The molecule has 2 aliphatic rings. The first-order valence-corrected chi connectivity index (χ1v) is 10.3. The van der Waals surface area contributed by atoms with E-state index in [1.807, 2.05) is 6.07 Å². The van der Waals surface area contributed by atoms with Gasteiger partial charge in [0.2, 0.25) is 0 Å². The lowest BCUT2D eigenvalue weighted by molar-refractivity contribution is 0.221. The molecule has 5 rings (SSSR count). The molecule has 2 aliphatic heterocycles. The minimum atomic E-state index is -0.409. The van der Waals surface area contributed by atoms with Gasteiger partial charge < -0.3 is 4.57 Å². The fraction of sp³-hybridized carbons (Fsp3) is 0.364. The first-order valence-electron chi connectivity index (χ1n) is 9.89. The third kappa shape index (κ3) is 2.99. The molecule has 2 aromatic carbocycles. The monoisotopic (exact) mass is 409 g/mol. The lowest BCUT2D eigenvalue weighted by Gasteiger charge is -2.32. The van der Waals surface area contributed by atoms with Crippen LogP contribution >= 0.6 is 11.6 Å². The Kier molecular flexibility index (Phi) is 4.50. The van der Waals surface area contributed by atoms with Crippen molar-refractivity contribution in [3.8, 4) is 0 Å². The quantitative estimate of drug-likeness (QED) is 0.288. The van der Waals surface area contributed by atoms with Crippen LogP contribution in [-0.2, 0) is 13.0 Å². The molecule has 3 unspecified atom stereocenters. The summed E-state index contributed by atoms with van der Waals surface area (Å²) in [6, 6.07) is 12.8. The molecule has 7 heteroatoms. The number of hydrogen-bond donors (Lipinski definition) is 0. The normalized spacial score (nSPS) is 21.8. The zero-order valence-electron chi connectivity index (χ0n) is 16.1. The second-order valence-corrected chi connectivity index (χ2v) is 8.46. The van der Waals surface area contributed by atoms with E-state index in [4.69, 9.17) is 17.1 Å². The number of likely N-dealkylation sites (N-methyl/N-ethyl adjacent to an activating group) is 1. The molecule has 3 aromatic rings. The minimum Gasteiger partial charge on any atom is -0.343 e. The van der Waals surface area contributed by atoms with Crippen molar-refractivity contribution < 1.29 is 4.39 Å². The van der Waals surface area contributed by atoms with Gasteiger partial charge in [-0.1, -0.05) is 28.8 Å². The molecule has 0 saturated carbocycles. The summed E-state index contributed by atoms with van der Waals surface area (Å²) < 4.78 is 15.7. The van der Waals surface area contributed by atoms with Crippen LogP contribution in [-0.4, -0.2) is 22.6 Å². The standard InChI is InChI=1S/C22H21ClFN5/c1-28-16-7-9-20(28)22-17-10-14(23)4-8-19(17)29(21(22)11-16)12-18(26-27-25)13-2-5-15(24)6-3-13/h2-6,8,10,16,18,20H,7,9,11-12H2,1H3. The summed E-state index contributed by atoms with van der Waals surface area (Å²) in [5.74, 6) is -0.300. The average Bonchev–Trinajstić information content (AvgIpc) is 3.12. The molecule has 148 valence electrons. The Balaban J connectivity index is 1.66. The Bertz CT molecular complexity index is 1130. The SMILES string of the molecule is CN1C2CCC1c1c(n(CC(N=[N+]=[N-])c3ccc(F)cc3)c3ccc(Cl)cc13)C2. The van der Waals surface area contributed by atoms with Gasteiger partial charge in [0.1, 0.15) is 5.82 Å². The molecule has 1 aromatic heterocycles. The third-order valence-corrected chi connectivity index (χ3v) is 6.82. The van der Waals surface area contributed by atoms with Crippen molar-refractivity contribution >= 4 is 22.5 Å². The maximum absolute atomic E-state index is 13.4. The van der Waals surface area contributed by atoms with E-state index in [9.17, 15) is 4.39 Å². The fourth-order valence-corrected chi connectivity index (χ4v) is 5.34. The number of aromatic nitrogens is 1. The summed E-state index contributed by atoms with van der Waals surface area (Å²) >= 11 is 6.35. The molecule has 0 spiro atoms. The van der Waals surface area contributed by atoms with Crippen molar-refractivity contribution in [2.24, 2.45) is 5.11 Å². The van der Waals surface area contributed by atoms with Gasteiger partial charge in [-0.05, 0) is 66.9 Å². The average molecular weight is 410 g/mol. The Morgan fingerprint density at radius 3 is 2.79 bits per heavy atom. The van der Waals surface area contributed by atoms with Crippen LogP contribution in [0.3, 0.4) is 0 Å². The molecular weight excluding hydrogens is 389 g/mol. The summed E-state index contributed by atoms with van der Waals surface area (Å²) in [6.45, 7) is 0.520. The van der Waals surface area contributed by atoms with E-state index in [2.05, 4.69) is 38.7 Å². The number of benzene rings is 2. The summed E-state index contributed by atoms with van der Waals surface area (Å²) in [5, 5.41) is 5.95. The number of rotatable bonds is 4. The van der Waals surface area contributed by atoms with Gasteiger partial charge >= 0.3 is 0 Å². The Morgan fingerprint density at radius 2 is 2.03 bits per heavy atom. The predicted molar refractivity (Wildman–Crippen MR) is 112 cm³/mol. The highest BCUT2D eigenvalue weighted by Crippen LogP contribution is 2.47. The molecule has 2 bridgehead atoms. The zero-order chi connectivity index (χ0) is 20.1. The first kappa shape index (κ1) is 18.5. The van der Waals surface area contributed by atoms with Crippen LogP contribution in [0.1, 0.15) is 41.7 Å². The van der Waals surface area contributed by atoms with E-state index < -0.39 is 6.04 Å². The van der Waals surface area contributed by atoms with Crippen LogP contribution in [0.2, 0.25) is 5.02 Å². The molecule has 3 atom stereocenters. The highest BCUT2D eigenvalue weighted by Gasteiger charge is 2.41.